The third-order valence-corrected chi connectivity index (χ3v) is 6.43. The highest BCUT2D eigenvalue weighted by Crippen LogP contribution is 2.27. The first-order chi connectivity index (χ1) is 14.7. The van der Waals surface area contributed by atoms with Gasteiger partial charge in [0.2, 0.25) is 5.91 Å². The number of nitrogens with zero attached hydrogens (tertiary/aromatic N) is 2. The summed E-state index contributed by atoms with van der Waals surface area (Å²) in [4.78, 5) is 30.5. The molecule has 0 bridgehead atoms. The minimum atomic E-state index is -0.220. The molecule has 1 saturated heterocycles. The number of fused-ring (bicyclic) bond motifs is 1. The van der Waals surface area contributed by atoms with Crippen molar-refractivity contribution in [2.24, 2.45) is 0 Å². The van der Waals surface area contributed by atoms with Gasteiger partial charge in [-0.05, 0) is 55.0 Å². The molecule has 2 aromatic carbocycles. The smallest absolute Gasteiger partial charge is 0.325 e. The second-order valence-electron chi connectivity index (χ2n) is 9.58. The van der Waals surface area contributed by atoms with Crippen molar-refractivity contribution in [1.29, 1.82) is 0 Å². The van der Waals surface area contributed by atoms with Crippen LogP contribution >= 0.6 is 0 Å². The molecule has 4 rings (SSSR count). The summed E-state index contributed by atoms with van der Waals surface area (Å²) >= 11 is 0. The number of piperidine rings is 1. The van der Waals surface area contributed by atoms with E-state index in [9.17, 15) is 9.59 Å². The summed E-state index contributed by atoms with van der Waals surface area (Å²) in [6.07, 6.45) is 1.69. The summed E-state index contributed by atoms with van der Waals surface area (Å²) in [6, 6.07) is 15.8. The van der Waals surface area contributed by atoms with Crippen molar-refractivity contribution in [1.82, 2.24) is 14.5 Å². The van der Waals surface area contributed by atoms with Crippen molar-refractivity contribution in [3.8, 4) is 0 Å². The summed E-state index contributed by atoms with van der Waals surface area (Å²) in [5.41, 5.74) is 3.94. The SMILES string of the molecule is CC(C(=O)Nc1ccc(C(C)(C)C)cc1)N1CCC(n2c(=O)[nH]c3ccccc32)CC1. The Hall–Kier alpha value is -2.86. The first kappa shape index (κ1) is 21.4. The van der Waals surface area contributed by atoms with Crippen LogP contribution in [0.25, 0.3) is 11.0 Å². The van der Waals surface area contributed by atoms with Gasteiger partial charge in [-0.1, -0.05) is 45.0 Å². The van der Waals surface area contributed by atoms with Crippen molar-refractivity contribution < 1.29 is 4.79 Å². The largest absolute Gasteiger partial charge is 0.326 e. The zero-order chi connectivity index (χ0) is 22.2. The lowest BCUT2D eigenvalue weighted by Crippen LogP contribution is -2.46. The monoisotopic (exact) mass is 420 g/mol. The summed E-state index contributed by atoms with van der Waals surface area (Å²) < 4.78 is 1.88. The quantitative estimate of drug-likeness (QED) is 0.661. The van der Waals surface area contributed by atoms with E-state index < -0.39 is 0 Å². The van der Waals surface area contributed by atoms with E-state index in [0.29, 0.717) is 0 Å². The maximum absolute atomic E-state index is 12.8. The maximum Gasteiger partial charge on any atom is 0.326 e. The number of carbonyl (C=O) groups excluding carboxylic acids is 1. The molecule has 1 aliphatic rings. The summed E-state index contributed by atoms with van der Waals surface area (Å²) in [5, 5.41) is 3.05. The van der Waals surface area contributed by atoms with Crippen LogP contribution in [0.1, 0.15) is 52.1 Å². The van der Waals surface area contributed by atoms with Gasteiger partial charge in [-0.2, -0.15) is 0 Å². The number of anilines is 1. The number of aromatic nitrogens is 2. The third-order valence-electron chi connectivity index (χ3n) is 6.43. The molecule has 1 fully saturated rings. The molecular weight excluding hydrogens is 388 g/mol. The van der Waals surface area contributed by atoms with Crippen LogP contribution in [-0.4, -0.2) is 39.5 Å². The first-order valence-electron chi connectivity index (χ1n) is 11.1. The van der Waals surface area contributed by atoms with E-state index >= 15 is 0 Å². The molecule has 0 saturated carbocycles. The van der Waals surface area contributed by atoms with E-state index in [1.165, 1.54) is 5.56 Å². The van der Waals surface area contributed by atoms with Gasteiger partial charge in [0, 0.05) is 24.8 Å². The number of H-pyrrole nitrogens is 1. The molecule has 6 heteroatoms. The molecule has 0 aliphatic carbocycles. The Balaban J connectivity index is 1.37. The fraction of sp³-hybridized carbons (Fsp3) is 0.440. The van der Waals surface area contributed by atoms with Crippen LogP contribution in [0, 0.1) is 0 Å². The van der Waals surface area contributed by atoms with Crippen LogP contribution in [-0.2, 0) is 10.2 Å². The van der Waals surface area contributed by atoms with Crippen molar-refractivity contribution in [2.75, 3.05) is 18.4 Å². The number of amides is 1. The predicted octanol–water partition coefficient (Wildman–Crippen LogP) is 4.29. The number of aromatic amines is 1. The van der Waals surface area contributed by atoms with Crippen LogP contribution < -0.4 is 11.0 Å². The molecule has 6 nitrogen and oxygen atoms in total. The molecular formula is C25H32N4O2. The van der Waals surface area contributed by atoms with Crippen molar-refractivity contribution in [2.45, 2.75) is 58.0 Å². The second kappa shape index (κ2) is 8.35. The van der Waals surface area contributed by atoms with Crippen LogP contribution in [0.3, 0.4) is 0 Å². The molecule has 2 N–H and O–H groups in total. The molecule has 0 radical (unpaired) electrons. The van der Waals surface area contributed by atoms with E-state index in [4.69, 9.17) is 0 Å². The standard InChI is InChI=1S/C25H32N4O2/c1-17(23(30)26-19-11-9-18(10-12-19)25(2,3)4)28-15-13-20(14-16-28)29-22-8-6-5-7-21(22)27-24(29)31/h5-12,17,20H,13-16H2,1-4H3,(H,26,30)(H,27,31). The number of hydrogen-bond acceptors (Lipinski definition) is 3. The van der Waals surface area contributed by atoms with Gasteiger partial charge in [-0.15, -0.1) is 0 Å². The van der Waals surface area contributed by atoms with E-state index in [-0.39, 0.29) is 29.1 Å². The Kier molecular flexibility index (Phi) is 5.75. The molecule has 2 heterocycles. The number of para-hydroxylation sites is 2. The molecule has 1 aromatic heterocycles. The number of nitrogens with one attached hydrogen (secondary N) is 2. The zero-order valence-corrected chi connectivity index (χ0v) is 18.8. The zero-order valence-electron chi connectivity index (χ0n) is 18.8. The Morgan fingerprint density at radius 1 is 1.06 bits per heavy atom. The molecule has 164 valence electrons. The van der Waals surface area contributed by atoms with E-state index in [1.807, 2.05) is 47.9 Å². The van der Waals surface area contributed by atoms with Gasteiger partial charge >= 0.3 is 5.69 Å². The predicted molar refractivity (Wildman–Crippen MR) is 126 cm³/mol. The van der Waals surface area contributed by atoms with Crippen molar-refractivity contribution >= 4 is 22.6 Å². The average molecular weight is 421 g/mol. The molecule has 1 amide bonds. The number of benzene rings is 2. The Bertz CT molecular complexity index is 1110. The minimum absolute atomic E-state index is 0.00576. The number of imidazole rings is 1. The summed E-state index contributed by atoms with van der Waals surface area (Å²) in [7, 11) is 0. The molecule has 3 aromatic rings. The maximum atomic E-state index is 12.8. The highest BCUT2D eigenvalue weighted by Gasteiger charge is 2.28. The van der Waals surface area contributed by atoms with Crippen LogP contribution in [0.15, 0.2) is 53.3 Å². The number of hydrogen-bond donors (Lipinski definition) is 2. The van der Waals surface area contributed by atoms with Crippen LogP contribution in [0.5, 0.6) is 0 Å². The lowest BCUT2D eigenvalue weighted by Gasteiger charge is -2.35. The van der Waals surface area contributed by atoms with Crippen molar-refractivity contribution in [3.05, 3.63) is 64.6 Å². The molecule has 31 heavy (non-hydrogen) atoms. The van der Waals surface area contributed by atoms with Crippen LogP contribution in [0.2, 0.25) is 0 Å². The Labute approximate surface area is 183 Å². The summed E-state index contributed by atoms with van der Waals surface area (Å²) in [5.74, 6) is 0.00576. The Morgan fingerprint density at radius 3 is 2.35 bits per heavy atom. The highest BCUT2D eigenvalue weighted by atomic mass is 16.2. The lowest BCUT2D eigenvalue weighted by atomic mass is 9.87. The molecule has 1 atom stereocenters. The lowest BCUT2D eigenvalue weighted by molar-refractivity contribution is -0.121. The molecule has 1 unspecified atom stereocenters. The second-order valence-corrected chi connectivity index (χ2v) is 9.58. The van der Waals surface area contributed by atoms with E-state index in [0.717, 1.165) is 42.7 Å². The van der Waals surface area contributed by atoms with Gasteiger partial charge in [0.1, 0.15) is 0 Å². The van der Waals surface area contributed by atoms with E-state index in [2.05, 4.69) is 48.1 Å². The molecule has 1 aliphatic heterocycles. The minimum Gasteiger partial charge on any atom is -0.325 e. The van der Waals surface area contributed by atoms with Gasteiger partial charge in [-0.3, -0.25) is 14.3 Å². The van der Waals surface area contributed by atoms with Crippen molar-refractivity contribution in [3.63, 3.8) is 0 Å². The van der Waals surface area contributed by atoms with Crippen LogP contribution in [0.4, 0.5) is 5.69 Å². The van der Waals surface area contributed by atoms with E-state index in [1.54, 1.807) is 0 Å². The fourth-order valence-electron chi connectivity index (χ4n) is 4.43. The van der Waals surface area contributed by atoms with Gasteiger partial charge < -0.3 is 10.3 Å². The average Bonchev–Trinajstić information content (AvgIpc) is 3.08. The first-order valence-corrected chi connectivity index (χ1v) is 11.1. The number of likely N-dealkylation sites (tertiary alicyclic amines) is 1. The van der Waals surface area contributed by atoms with Gasteiger partial charge in [-0.25, -0.2) is 4.79 Å². The normalized spacial score (nSPS) is 17.0. The van der Waals surface area contributed by atoms with Gasteiger partial charge in [0.05, 0.1) is 17.1 Å². The number of carbonyl (C=O) groups is 1. The highest BCUT2D eigenvalue weighted by molar-refractivity contribution is 5.94. The summed E-state index contributed by atoms with van der Waals surface area (Å²) in [6.45, 7) is 10.1. The topological polar surface area (TPSA) is 70.1 Å². The third kappa shape index (κ3) is 4.44. The number of rotatable bonds is 4. The Morgan fingerprint density at radius 2 is 1.71 bits per heavy atom. The van der Waals surface area contributed by atoms with Gasteiger partial charge in [0.25, 0.3) is 0 Å². The van der Waals surface area contributed by atoms with Gasteiger partial charge in [0.15, 0.2) is 0 Å². The molecule has 0 spiro atoms. The fourth-order valence-corrected chi connectivity index (χ4v) is 4.43.